The Balaban J connectivity index is 0.000000641. The Labute approximate surface area is 446 Å². The first-order valence-electron chi connectivity index (χ1n) is 20.9. The van der Waals surface area contributed by atoms with Crippen LogP contribution in [0.1, 0.15) is 115 Å². The molecule has 0 aliphatic carbocycles. The third kappa shape index (κ3) is 17.6. The smallest absolute Gasteiger partial charge is 0.305 e. The van der Waals surface area contributed by atoms with E-state index >= 15 is 0 Å². The molecule has 2 fully saturated rings. The molecule has 2 aromatic rings. The predicted molar refractivity (Wildman–Crippen MR) is 241 cm³/mol. The van der Waals surface area contributed by atoms with E-state index in [0.29, 0.717) is 38.8 Å². The van der Waals surface area contributed by atoms with E-state index in [2.05, 4.69) is 21.3 Å². The fourth-order valence-corrected chi connectivity index (χ4v) is 7.64. The van der Waals surface area contributed by atoms with Crippen molar-refractivity contribution >= 4 is 82.0 Å². The van der Waals surface area contributed by atoms with Gasteiger partial charge in [-0.15, -0.1) is 11.4 Å². The fraction of sp³-hybridized carbons (Fsp3) is 0.545. The molecular formula is C44H60Cl2N8O10Y2-2. The first kappa shape index (κ1) is 60.6. The zero-order valence-electron chi connectivity index (χ0n) is 38.6. The molecule has 358 valence electrons. The second kappa shape index (κ2) is 26.4. The minimum absolute atomic E-state index is 0. The minimum Gasteiger partial charge on any atom is -0.698 e. The summed E-state index contributed by atoms with van der Waals surface area (Å²) in [7, 11) is 0. The molecule has 3 unspecified atom stereocenters. The van der Waals surface area contributed by atoms with Crippen LogP contribution in [0.2, 0.25) is 10.0 Å². The topological polar surface area (TPSA) is 279 Å². The van der Waals surface area contributed by atoms with Crippen molar-refractivity contribution in [3.63, 3.8) is 0 Å². The van der Waals surface area contributed by atoms with E-state index in [1.807, 2.05) is 41.5 Å². The summed E-state index contributed by atoms with van der Waals surface area (Å²) < 4.78 is 0. The second-order valence-corrected chi connectivity index (χ2v) is 19.1. The van der Waals surface area contributed by atoms with Crippen LogP contribution in [0.5, 0.6) is 0 Å². The van der Waals surface area contributed by atoms with Gasteiger partial charge in [0.05, 0.1) is 12.8 Å². The molecule has 2 saturated heterocycles. The van der Waals surface area contributed by atoms with E-state index in [1.165, 1.54) is 46.2 Å². The Hall–Kier alpha value is -3.41. The summed E-state index contributed by atoms with van der Waals surface area (Å²) in [6.07, 6.45) is 1.75. The van der Waals surface area contributed by atoms with Crippen molar-refractivity contribution in [3.8, 4) is 0 Å². The molecule has 6 amide bonds. The Bertz CT molecular complexity index is 1960. The number of hydrogen-bond acceptors (Lipinski definition) is 8. The summed E-state index contributed by atoms with van der Waals surface area (Å²) in [5, 5.41) is 28.9. The van der Waals surface area contributed by atoms with Gasteiger partial charge >= 0.3 is 11.9 Å². The third-order valence-electron chi connectivity index (χ3n) is 10.7. The van der Waals surface area contributed by atoms with Crippen molar-refractivity contribution in [2.75, 3.05) is 13.1 Å². The summed E-state index contributed by atoms with van der Waals surface area (Å²) in [5.74, 6) is -4.61. The van der Waals surface area contributed by atoms with Crippen molar-refractivity contribution in [2.24, 2.45) is 10.8 Å². The molecule has 2 aromatic carbocycles. The summed E-state index contributed by atoms with van der Waals surface area (Å²) in [5.41, 5.74) is 14.6. The van der Waals surface area contributed by atoms with Gasteiger partial charge in [-0.2, -0.15) is 0 Å². The molecule has 2 radical (unpaired) electrons. The number of halogens is 2. The summed E-state index contributed by atoms with van der Waals surface area (Å²) in [6, 6.07) is 4.08. The van der Waals surface area contributed by atoms with Gasteiger partial charge in [0.25, 0.3) is 11.8 Å². The maximum Gasteiger partial charge on any atom is 0.305 e. The van der Waals surface area contributed by atoms with Crippen molar-refractivity contribution in [1.82, 2.24) is 31.1 Å². The van der Waals surface area contributed by atoms with Crippen LogP contribution in [0.25, 0.3) is 11.5 Å². The molecule has 4 rings (SSSR count). The number of nitrogens with one attached hydrogen (secondary N) is 6. The van der Waals surface area contributed by atoms with Crippen molar-refractivity contribution < 1.29 is 114 Å². The van der Waals surface area contributed by atoms with Gasteiger partial charge in [0, 0.05) is 112 Å². The molecular weight excluding hydrogens is 1050 g/mol. The molecule has 0 saturated carbocycles. The number of aliphatic carboxylic acids is 2. The van der Waals surface area contributed by atoms with Gasteiger partial charge in [-0.05, 0) is 62.5 Å². The van der Waals surface area contributed by atoms with Gasteiger partial charge in [0.15, 0.2) is 0 Å². The monoisotopic (exact) mass is 1110 g/mol. The van der Waals surface area contributed by atoms with Crippen LogP contribution in [0, 0.1) is 10.8 Å². The van der Waals surface area contributed by atoms with Gasteiger partial charge < -0.3 is 52.7 Å². The SMILES string of the molecule is CC(CC(=O)O)NC(=O)C1CCCN1C(=O)C(NC(=O)c1ccc([NH-])c(Cl)c1)C(C)(C)C.C[C@H](CC(=O)O)NC(=O)[C@@H]1CCCN1C(=O)[C@@H](NC(=O)c1ccc([NH-])c(Cl)c1)C(C)(C)C.[Y].[Y]. The second-order valence-electron chi connectivity index (χ2n) is 18.3. The van der Waals surface area contributed by atoms with Crippen LogP contribution in [0.15, 0.2) is 36.4 Å². The first-order chi connectivity index (χ1) is 29.6. The van der Waals surface area contributed by atoms with E-state index in [-0.39, 0.29) is 123 Å². The Morgan fingerprint density at radius 3 is 1.21 bits per heavy atom. The number of carboxylic acids is 2. The van der Waals surface area contributed by atoms with Gasteiger partial charge in [-0.1, -0.05) is 89.0 Å². The van der Waals surface area contributed by atoms with Crippen molar-refractivity contribution in [2.45, 2.75) is 130 Å². The van der Waals surface area contributed by atoms with Gasteiger partial charge in [-0.3, -0.25) is 38.4 Å². The maximum atomic E-state index is 13.4. The summed E-state index contributed by atoms with van der Waals surface area (Å²) >= 11 is 11.9. The van der Waals surface area contributed by atoms with E-state index in [1.54, 1.807) is 13.8 Å². The van der Waals surface area contributed by atoms with E-state index in [0.717, 1.165) is 0 Å². The molecule has 0 aromatic heterocycles. The molecule has 0 bridgehead atoms. The zero-order chi connectivity index (χ0) is 48.4. The molecule has 2 aliphatic rings. The van der Waals surface area contributed by atoms with Crippen LogP contribution >= 0.6 is 23.2 Å². The molecule has 2 heterocycles. The summed E-state index contributed by atoms with van der Waals surface area (Å²) in [6.45, 7) is 14.8. The predicted octanol–water partition coefficient (Wildman–Crippen LogP) is 6.27. The normalized spacial score (nSPS) is 17.5. The number of nitrogens with zero attached hydrogens (tertiary/aromatic N) is 2. The number of amides is 6. The molecule has 2 aliphatic heterocycles. The number of likely N-dealkylation sites (tertiary alicyclic amines) is 2. The van der Waals surface area contributed by atoms with Crippen molar-refractivity contribution in [3.05, 3.63) is 69.0 Å². The number of carboxylic acid groups (broad SMARTS) is 2. The van der Waals surface area contributed by atoms with Crippen molar-refractivity contribution in [1.29, 1.82) is 0 Å². The molecule has 22 heteroatoms. The van der Waals surface area contributed by atoms with Gasteiger partial charge in [-0.25, -0.2) is 0 Å². The number of carbonyl (C=O) groups excluding carboxylic acids is 6. The van der Waals surface area contributed by atoms with Crippen LogP contribution < -0.4 is 21.3 Å². The first-order valence-corrected chi connectivity index (χ1v) is 21.7. The zero-order valence-corrected chi connectivity index (χ0v) is 45.7. The van der Waals surface area contributed by atoms with Crippen LogP contribution in [-0.4, -0.2) is 117 Å². The average Bonchev–Trinajstić information content (AvgIpc) is 3.87. The number of carbonyl (C=O) groups is 8. The van der Waals surface area contributed by atoms with E-state index < -0.39 is 82.6 Å². The number of rotatable bonds is 14. The minimum atomic E-state index is -1.02. The Morgan fingerprint density at radius 1 is 0.621 bits per heavy atom. The summed E-state index contributed by atoms with van der Waals surface area (Å²) in [4.78, 5) is 103. The van der Waals surface area contributed by atoms with Crippen LogP contribution in [0.4, 0.5) is 11.4 Å². The van der Waals surface area contributed by atoms with E-state index in [4.69, 9.17) is 44.9 Å². The quantitative estimate of drug-likeness (QED) is 0.123. The van der Waals surface area contributed by atoms with Gasteiger partial charge in [0.1, 0.15) is 24.2 Å². The molecule has 0 spiro atoms. The third-order valence-corrected chi connectivity index (χ3v) is 11.3. The molecule has 66 heavy (non-hydrogen) atoms. The van der Waals surface area contributed by atoms with E-state index in [9.17, 15) is 38.4 Å². The average molecular weight is 1110 g/mol. The maximum absolute atomic E-state index is 13.4. The van der Waals surface area contributed by atoms with Crippen LogP contribution in [0.3, 0.4) is 0 Å². The number of benzene rings is 2. The molecule has 6 atom stereocenters. The molecule has 8 N–H and O–H groups in total. The van der Waals surface area contributed by atoms with Crippen LogP contribution in [-0.2, 0) is 94.2 Å². The standard InChI is InChI=1S/2C22H31ClN4O5.2Y/c2*1-12(10-17(28)29)25-20(31)16-6-5-9-27(16)21(32)18(22(2,3)4)26-19(30)13-7-8-15(24)14(23)11-13;;/h2*7-8,11-12,16,18H,5-6,9-10H2,1-4H3,(H5,24,25,26,28,29,30,31);;/p-2/t12-,16+,18-;;;/m1.../s1. The van der Waals surface area contributed by atoms with Gasteiger partial charge in [0.2, 0.25) is 23.6 Å². The Kier molecular flexibility index (Phi) is 24.2. The molecule has 18 nitrogen and oxygen atoms in total. The Morgan fingerprint density at radius 2 is 0.939 bits per heavy atom. The fourth-order valence-electron chi connectivity index (χ4n) is 7.28. The largest absolute Gasteiger partial charge is 0.698 e. The number of hydrogen-bond donors (Lipinski definition) is 6.